The van der Waals surface area contributed by atoms with Crippen molar-refractivity contribution in [2.45, 2.75) is 107 Å². The van der Waals surface area contributed by atoms with Gasteiger partial charge in [-0.2, -0.15) is 0 Å². The molecule has 0 bridgehead atoms. The third-order valence-corrected chi connectivity index (χ3v) is 13.0. The Kier molecular flexibility index (Phi) is 6.64. The minimum absolute atomic E-state index is 0.00981. The monoisotopic (exact) mass is 538 g/mol. The summed E-state index contributed by atoms with van der Waals surface area (Å²) in [5.74, 6) is 0.141. The van der Waals surface area contributed by atoms with Gasteiger partial charge in [-0.3, -0.25) is 9.59 Å². The minimum atomic E-state index is -0.682. The number of ketones is 1. The maximum atomic E-state index is 14.4. The Balaban J connectivity index is 1.50. The molecule has 0 N–H and O–H groups in total. The normalized spacial score (nSPS) is 46.1. The molecule has 0 radical (unpaired) electrons. The Morgan fingerprint density at radius 1 is 0.949 bits per heavy atom. The number of hydrogen-bond donors (Lipinski definition) is 0. The fourth-order valence-corrected chi connectivity index (χ4v) is 10.5. The highest BCUT2D eigenvalue weighted by Crippen LogP contribution is 2.74. The van der Waals surface area contributed by atoms with Crippen LogP contribution < -0.4 is 0 Å². The first-order chi connectivity index (χ1) is 18.1. The van der Waals surface area contributed by atoms with Gasteiger partial charge in [0.2, 0.25) is 0 Å². The average molecular weight is 539 g/mol. The fourth-order valence-electron chi connectivity index (χ4n) is 10.5. The molecule has 3 saturated carbocycles. The Labute approximate surface area is 235 Å². The van der Waals surface area contributed by atoms with Gasteiger partial charge in [0.25, 0.3) is 0 Å². The van der Waals surface area contributed by atoms with Crippen molar-refractivity contribution < 1.29 is 23.9 Å². The Bertz CT molecular complexity index is 1130. The van der Waals surface area contributed by atoms with Gasteiger partial charge in [-0.1, -0.05) is 59.3 Å². The van der Waals surface area contributed by atoms with E-state index in [4.69, 9.17) is 9.47 Å². The highest BCUT2D eigenvalue weighted by Gasteiger charge is 2.69. The number of hydrogen-bond acceptors (Lipinski definition) is 5. The summed E-state index contributed by atoms with van der Waals surface area (Å²) in [6, 6.07) is 0. The van der Waals surface area contributed by atoms with E-state index in [9.17, 15) is 14.4 Å². The summed E-state index contributed by atoms with van der Waals surface area (Å²) < 4.78 is 10.4. The van der Waals surface area contributed by atoms with E-state index in [0.717, 1.165) is 44.9 Å². The quantitative estimate of drug-likeness (QED) is 0.279. The first kappa shape index (κ1) is 28.6. The molecule has 5 nitrogen and oxygen atoms in total. The molecule has 0 aromatic rings. The molecule has 0 aromatic heterocycles. The van der Waals surface area contributed by atoms with Crippen LogP contribution in [0.2, 0.25) is 0 Å². The second kappa shape index (κ2) is 9.05. The zero-order valence-electron chi connectivity index (χ0n) is 25.6. The van der Waals surface area contributed by atoms with Crippen molar-refractivity contribution in [3.63, 3.8) is 0 Å². The third-order valence-electron chi connectivity index (χ3n) is 13.0. The van der Waals surface area contributed by atoms with E-state index in [1.54, 1.807) is 6.92 Å². The van der Waals surface area contributed by atoms with E-state index in [2.05, 4.69) is 59.8 Å². The summed E-state index contributed by atoms with van der Waals surface area (Å²) in [5, 5.41) is 0. The van der Waals surface area contributed by atoms with Crippen LogP contribution in [-0.4, -0.2) is 30.9 Å². The van der Waals surface area contributed by atoms with Gasteiger partial charge in [-0.15, -0.1) is 0 Å². The summed E-state index contributed by atoms with van der Waals surface area (Å²) in [5.41, 5.74) is 0.524. The highest BCUT2D eigenvalue weighted by molar-refractivity contribution is 5.95. The molecule has 3 unspecified atom stereocenters. The van der Waals surface area contributed by atoms with Crippen molar-refractivity contribution in [1.82, 2.24) is 0 Å². The SMILES string of the molecule is CCOC(=O)COC(=O)[C@@]1(C)CC[C@]2(C)CC[C@]3(C)C(=CC(=O)C4[C@@]5(C)CC=CC(C)(C)C5CC[C@]43C)C2C1. The van der Waals surface area contributed by atoms with Gasteiger partial charge >= 0.3 is 11.9 Å². The molecule has 0 aromatic carbocycles. The number of fused-ring (bicyclic) bond motifs is 7. The number of carbonyl (C=O) groups is 3. The molecule has 0 amide bonds. The minimum Gasteiger partial charge on any atom is -0.463 e. The summed E-state index contributed by atoms with van der Waals surface area (Å²) in [6.45, 7) is 18.0. The number of carbonyl (C=O) groups excluding carboxylic acids is 3. The van der Waals surface area contributed by atoms with Crippen LogP contribution in [0, 0.1) is 50.2 Å². The van der Waals surface area contributed by atoms with Gasteiger partial charge in [-0.05, 0) is 110 Å². The summed E-state index contributed by atoms with van der Waals surface area (Å²) in [6.07, 6.45) is 14.5. The lowest BCUT2D eigenvalue weighted by atomic mass is 9.34. The standard InChI is InChI=1S/C34H50O5/c1-9-38-26(36)21-39-28(37)31(5)16-15-30(4)17-18-33(7)22(23(30)20-31)19-24(35)27-32(6)13-10-12-29(2,3)25(32)11-14-34(27,33)8/h10,12,19,23,25,27H,9,11,13-18,20-21H2,1-8H3/t23?,25?,27?,30-,31+,32+,33-,34-/m1/s1. The molecule has 3 fully saturated rings. The molecule has 8 atom stereocenters. The molecule has 5 aliphatic carbocycles. The maximum Gasteiger partial charge on any atom is 0.344 e. The lowest BCUT2D eigenvalue weighted by molar-refractivity contribution is -0.177. The van der Waals surface area contributed by atoms with Gasteiger partial charge in [0, 0.05) is 5.92 Å². The second-order valence-electron chi connectivity index (χ2n) is 15.6. The lowest BCUT2D eigenvalue weighted by Crippen LogP contribution is -2.65. The van der Waals surface area contributed by atoms with Gasteiger partial charge in [-0.25, -0.2) is 4.79 Å². The van der Waals surface area contributed by atoms with E-state index in [0.29, 0.717) is 18.1 Å². The number of allylic oxidation sites excluding steroid dienone is 4. The lowest BCUT2D eigenvalue weighted by Gasteiger charge is -2.69. The largest absolute Gasteiger partial charge is 0.463 e. The maximum absolute atomic E-state index is 14.4. The van der Waals surface area contributed by atoms with Crippen LogP contribution in [0.3, 0.4) is 0 Å². The van der Waals surface area contributed by atoms with Gasteiger partial charge < -0.3 is 9.47 Å². The molecule has 39 heavy (non-hydrogen) atoms. The summed E-state index contributed by atoms with van der Waals surface area (Å²) >= 11 is 0. The molecule has 216 valence electrons. The molecule has 0 heterocycles. The predicted octanol–water partition coefficient (Wildman–Crippen LogP) is 7.24. The van der Waals surface area contributed by atoms with Gasteiger partial charge in [0.1, 0.15) is 0 Å². The Hall–Kier alpha value is -1.91. The molecular weight excluding hydrogens is 488 g/mol. The van der Waals surface area contributed by atoms with Crippen LogP contribution in [0.25, 0.3) is 0 Å². The van der Waals surface area contributed by atoms with E-state index < -0.39 is 11.4 Å². The topological polar surface area (TPSA) is 69.7 Å². The Morgan fingerprint density at radius 2 is 1.64 bits per heavy atom. The average Bonchev–Trinajstić information content (AvgIpc) is 2.84. The first-order valence-corrected chi connectivity index (χ1v) is 15.3. The van der Waals surface area contributed by atoms with Crippen molar-refractivity contribution >= 4 is 17.7 Å². The smallest absolute Gasteiger partial charge is 0.344 e. The van der Waals surface area contributed by atoms with Crippen LogP contribution in [-0.2, 0) is 23.9 Å². The third kappa shape index (κ3) is 4.02. The molecular formula is C34H50O5. The van der Waals surface area contributed by atoms with Crippen LogP contribution in [0.15, 0.2) is 23.8 Å². The van der Waals surface area contributed by atoms with Crippen molar-refractivity contribution in [1.29, 1.82) is 0 Å². The van der Waals surface area contributed by atoms with Gasteiger partial charge in [0.15, 0.2) is 12.4 Å². The number of rotatable bonds is 4. The number of ether oxygens (including phenoxy) is 2. The van der Waals surface area contributed by atoms with E-state index >= 15 is 0 Å². The second-order valence-corrected chi connectivity index (χ2v) is 15.6. The summed E-state index contributed by atoms with van der Waals surface area (Å²) in [4.78, 5) is 39.6. The van der Waals surface area contributed by atoms with Crippen molar-refractivity contribution in [2.24, 2.45) is 50.2 Å². The molecule has 0 saturated heterocycles. The zero-order chi connectivity index (χ0) is 28.6. The molecule has 0 spiro atoms. The van der Waals surface area contributed by atoms with Crippen LogP contribution in [0.1, 0.15) is 107 Å². The molecule has 0 aliphatic heterocycles. The summed E-state index contributed by atoms with van der Waals surface area (Å²) in [7, 11) is 0. The zero-order valence-corrected chi connectivity index (χ0v) is 25.6. The predicted molar refractivity (Wildman–Crippen MR) is 152 cm³/mol. The molecule has 5 heteroatoms. The molecule has 5 aliphatic rings. The first-order valence-electron chi connectivity index (χ1n) is 15.3. The van der Waals surface area contributed by atoms with E-state index in [1.165, 1.54) is 5.57 Å². The van der Waals surface area contributed by atoms with Crippen LogP contribution in [0.4, 0.5) is 0 Å². The van der Waals surface area contributed by atoms with Crippen molar-refractivity contribution in [3.05, 3.63) is 23.8 Å². The number of esters is 2. The van der Waals surface area contributed by atoms with Crippen LogP contribution in [0.5, 0.6) is 0 Å². The van der Waals surface area contributed by atoms with Crippen molar-refractivity contribution in [3.8, 4) is 0 Å². The van der Waals surface area contributed by atoms with Crippen molar-refractivity contribution in [2.75, 3.05) is 13.2 Å². The van der Waals surface area contributed by atoms with E-state index in [1.807, 2.05) is 6.92 Å². The highest BCUT2D eigenvalue weighted by atomic mass is 16.6. The Morgan fingerprint density at radius 3 is 2.33 bits per heavy atom. The fraction of sp³-hybridized carbons (Fsp3) is 0.794. The van der Waals surface area contributed by atoms with E-state index in [-0.39, 0.29) is 58.1 Å². The molecule has 5 rings (SSSR count). The van der Waals surface area contributed by atoms with Gasteiger partial charge in [0.05, 0.1) is 12.0 Å². The van der Waals surface area contributed by atoms with Crippen LogP contribution >= 0.6 is 0 Å².